The molecule has 1 saturated heterocycles. The van der Waals surface area contributed by atoms with Gasteiger partial charge in [-0.05, 0) is 36.5 Å². The van der Waals surface area contributed by atoms with Crippen LogP contribution >= 0.6 is 0 Å². The SMILES string of the molecule is Cc1ccccc1[C@@H](OC[C@H](O)CN1C(=O)CC2(CCCC2)C1=O)c1ccccc1. The number of hydrogen-bond donors (Lipinski definition) is 1. The molecule has 2 aromatic carbocycles. The zero-order valence-electron chi connectivity index (χ0n) is 17.4. The van der Waals surface area contributed by atoms with Crippen LogP contribution < -0.4 is 0 Å². The summed E-state index contributed by atoms with van der Waals surface area (Å²) < 4.78 is 6.16. The molecule has 5 nitrogen and oxygen atoms in total. The number of rotatable bonds is 7. The normalized spacial score (nSPS) is 20.1. The van der Waals surface area contributed by atoms with E-state index in [0.29, 0.717) is 0 Å². The van der Waals surface area contributed by atoms with E-state index in [0.717, 1.165) is 42.4 Å². The van der Waals surface area contributed by atoms with Crippen molar-refractivity contribution < 1.29 is 19.4 Å². The van der Waals surface area contributed by atoms with Crippen molar-refractivity contribution in [1.29, 1.82) is 0 Å². The Hall–Kier alpha value is -2.50. The van der Waals surface area contributed by atoms with E-state index in [1.807, 2.05) is 61.5 Å². The van der Waals surface area contributed by atoms with E-state index >= 15 is 0 Å². The molecule has 0 aromatic heterocycles. The average Bonchev–Trinajstić information content (AvgIpc) is 3.31. The van der Waals surface area contributed by atoms with Gasteiger partial charge in [0.25, 0.3) is 0 Å². The molecule has 2 atom stereocenters. The van der Waals surface area contributed by atoms with Gasteiger partial charge in [-0.2, -0.15) is 0 Å². The number of carbonyl (C=O) groups excluding carboxylic acids is 2. The number of likely N-dealkylation sites (tertiary alicyclic amines) is 1. The molecule has 2 aliphatic rings. The number of aryl methyl sites for hydroxylation is 1. The van der Waals surface area contributed by atoms with E-state index in [4.69, 9.17) is 4.74 Å². The quantitative estimate of drug-likeness (QED) is 0.710. The second-order valence-corrected chi connectivity index (χ2v) is 8.61. The highest BCUT2D eigenvalue weighted by Gasteiger charge is 2.52. The van der Waals surface area contributed by atoms with Crippen LogP contribution in [0.25, 0.3) is 0 Å². The van der Waals surface area contributed by atoms with Crippen LogP contribution in [0.4, 0.5) is 0 Å². The maximum absolute atomic E-state index is 12.9. The summed E-state index contributed by atoms with van der Waals surface area (Å²) in [6, 6.07) is 17.9. The number of carbonyl (C=O) groups is 2. The second-order valence-electron chi connectivity index (χ2n) is 8.61. The van der Waals surface area contributed by atoms with Gasteiger partial charge in [-0.3, -0.25) is 14.5 Å². The molecule has 1 aliphatic heterocycles. The van der Waals surface area contributed by atoms with E-state index in [2.05, 4.69) is 0 Å². The van der Waals surface area contributed by atoms with Gasteiger partial charge in [0.1, 0.15) is 6.10 Å². The highest BCUT2D eigenvalue weighted by molar-refractivity contribution is 6.06. The van der Waals surface area contributed by atoms with Gasteiger partial charge in [-0.15, -0.1) is 0 Å². The number of aliphatic hydroxyl groups is 1. The summed E-state index contributed by atoms with van der Waals surface area (Å²) in [7, 11) is 0. The maximum Gasteiger partial charge on any atom is 0.235 e. The Kier molecular flexibility index (Phi) is 6.02. The summed E-state index contributed by atoms with van der Waals surface area (Å²) in [5.41, 5.74) is 2.63. The average molecular weight is 408 g/mol. The highest BCUT2D eigenvalue weighted by Crippen LogP contribution is 2.46. The van der Waals surface area contributed by atoms with Crippen molar-refractivity contribution in [2.75, 3.05) is 13.2 Å². The number of aliphatic hydroxyl groups excluding tert-OH is 1. The third kappa shape index (κ3) is 4.05. The molecule has 1 aliphatic carbocycles. The summed E-state index contributed by atoms with van der Waals surface area (Å²) in [6.07, 6.45) is 2.59. The van der Waals surface area contributed by atoms with Gasteiger partial charge in [0.05, 0.1) is 24.7 Å². The van der Waals surface area contributed by atoms with Crippen LogP contribution in [-0.4, -0.2) is 41.1 Å². The number of nitrogens with zero attached hydrogens (tertiary/aromatic N) is 1. The fourth-order valence-electron chi connectivity index (χ4n) is 4.83. The lowest BCUT2D eigenvalue weighted by atomic mass is 9.84. The fourth-order valence-corrected chi connectivity index (χ4v) is 4.83. The van der Waals surface area contributed by atoms with E-state index in [1.54, 1.807) is 0 Å². The molecule has 2 amide bonds. The Morgan fingerprint density at radius 3 is 2.40 bits per heavy atom. The van der Waals surface area contributed by atoms with Gasteiger partial charge in [-0.1, -0.05) is 67.4 Å². The first-order valence-electron chi connectivity index (χ1n) is 10.8. The standard InChI is InChI=1S/C25H29NO4/c1-18-9-5-6-12-21(18)23(19-10-3-2-4-11-19)30-17-20(27)16-26-22(28)15-25(24(26)29)13-7-8-14-25/h2-6,9-12,20,23,27H,7-8,13-17H2,1H3/t20-,23+/m1/s1. The zero-order valence-corrected chi connectivity index (χ0v) is 17.4. The molecular weight excluding hydrogens is 378 g/mol. The molecule has 1 heterocycles. The Bertz CT molecular complexity index is 904. The van der Waals surface area contributed by atoms with Crippen molar-refractivity contribution >= 4 is 11.8 Å². The van der Waals surface area contributed by atoms with Crippen LogP contribution in [0, 0.1) is 12.3 Å². The van der Waals surface area contributed by atoms with Crippen LogP contribution in [0.1, 0.15) is 54.9 Å². The smallest absolute Gasteiger partial charge is 0.235 e. The van der Waals surface area contributed by atoms with E-state index in [9.17, 15) is 14.7 Å². The predicted octanol–water partition coefficient (Wildman–Crippen LogP) is 3.78. The number of hydrogen-bond acceptors (Lipinski definition) is 4. The van der Waals surface area contributed by atoms with Crippen LogP contribution in [0.5, 0.6) is 0 Å². The topological polar surface area (TPSA) is 66.8 Å². The molecule has 2 fully saturated rings. The van der Waals surface area contributed by atoms with Crippen LogP contribution in [0.2, 0.25) is 0 Å². The van der Waals surface area contributed by atoms with Gasteiger partial charge < -0.3 is 9.84 Å². The number of imide groups is 1. The second kappa shape index (κ2) is 8.70. The van der Waals surface area contributed by atoms with E-state index in [-0.39, 0.29) is 37.5 Å². The molecule has 1 spiro atoms. The van der Waals surface area contributed by atoms with Crippen LogP contribution in [0.3, 0.4) is 0 Å². The minimum Gasteiger partial charge on any atom is -0.389 e. The Balaban J connectivity index is 1.44. The van der Waals surface area contributed by atoms with Crippen molar-refractivity contribution in [2.24, 2.45) is 5.41 Å². The van der Waals surface area contributed by atoms with Crippen LogP contribution in [-0.2, 0) is 14.3 Å². The minimum absolute atomic E-state index is 0.00526. The summed E-state index contributed by atoms with van der Waals surface area (Å²) in [5.74, 6) is -0.276. The lowest BCUT2D eigenvalue weighted by molar-refractivity contribution is -0.143. The minimum atomic E-state index is -0.926. The van der Waals surface area contributed by atoms with Crippen molar-refractivity contribution in [1.82, 2.24) is 4.90 Å². The molecule has 158 valence electrons. The first kappa shape index (κ1) is 20.8. The first-order chi connectivity index (χ1) is 14.5. The Morgan fingerprint density at radius 1 is 1.03 bits per heavy atom. The van der Waals surface area contributed by atoms with Crippen molar-refractivity contribution in [3.8, 4) is 0 Å². The van der Waals surface area contributed by atoms with Crippen molar-refractivity contribution in [3.05, 3.63) is 71.3 Å². The number of β-amino-alcohol motifs (C(OH)–C–C–N with tert-alkyl or cyclic N) is 1. The molecule has 0 radical (unpaired) electrons. The van der Waals surface area contributed by atoms with E-state index < -0.39 is 11.5 Å². The summed E-state index contributed by atoms with van der Waals surface area (Å²) in [4.78, 5) is 26.6. The van der Waals surface area contributed by atoms with Gasteiger partial charge >= 0.3 is 0 Å². The summed E-state index contributed by atoms with van der Waals surface area (Å²) >= 11 is 0. The monoisotopic (exact) mass is 407 g/mol. The molecule has 5 heteroatoms. The molecule has 1 N–H and O–H groups in total. The number of amides is 2. The zero-order chi connectivity index (χ0) is 21.1. The van der Waals surface area contributed by atoms with E-state index in [1.165, 1.54) is 4.90 Å². The predicted molar refractivity (Wildman–Crippen MR) is 114 cm³/mol. The fraction of sp³-hybridized carbons (Fsp3) is 0.440. The Labute approximate surface area is 177 Å². The Morgan fingerprint density at radius 2 is 1.70 bits per heavy atom. The number of ether oxygens (including phenoxy) is 1. The largest absolute Gasteiger partial charge is 0.389 e. The van der Waals surface area contributed by atoms with Gasteiger partial charge in [0.2, 0.25) is 11.8 Å². The molecule has 4 rings (SSSR count). The summed E-state index contributed by atoms with van der Waals surface area (Å²) in [6.45, 7) is 2.07. The summed E-state index contributed by atoms with van der Waals surface area (Å²) in [5, 5.41) is 10.6. The molecule has 2 aromatic rings. The first-order valence-corrected chi connectivity index (χ1v) is 10.8. The van der Waals surface area contributed by atoms with Crippen molar-refractivity contribution in [2.45, 2.75) is 51.2 Å². The number of benzene rings is 2. The third-order valence-corrected chi connectivity index (χ3v) is 6.47. The molecule has 0 unspecified atom stereocenters. The highest BCUT2D eigenvalue weighted by atomic mass is 16.5. The lowest BCUT2D eigenvalue weighted by Crippen LogP contribution is -2.41. The van der Waals surface area contributed by atoms with Gasteiger partial charge in [0.15, 0.2) is 0 Å². The molecule has 1 saturated carbocycles. The molecule has 0 bridgehead atoms. The maximum atomic E-state index is 12.9. The third-order valence-electron chi connectivity index (χ3n) is 6.47. The van der Waals surface area contributed by atoms with Gasteiger partial charge in [-0.25, -0.2) is 0 Å². The molecule has 30 heavy (non-hydrogen) atoms. The molecular formula is C25H29NO4. The van der Waals surface area contributed by atoms with Crippen molar-refractivity contribution in [3.63, 3.8) is 0 Å². The lowest BCUT2D eigenvalue weighted by Gasteiger charge is -2.25. The van der Waals surface area contributed by atoms with Crippen LogP contribution in [0.15, 0.2) is 54.6 Å². The van der Waals surface area contributed by atoms with Gasteiger partial charge in [0, 0.05) is 6.42 Å².